The second-order valence-electron chi connectivity index (χ2n) is 2.60. The molecule has 0 saturated carbocycles. The van der Waals surface area contributed by atoms with Gasteiger partial charge in [-0.25, -0.2) is 0 Å². The van der Waals surface area contributed by atoms with Gasteiger partial charge in [0.2, 0.25) is 0 Å². The maximum absolute atomic E-state index is 5.57. The Hall–Kier alpha value is -1.78. The van der Waals surface area contributed by atoms with Crippen LogP contribution in [0.25, 0.3) is 11.3 Å². The molecule has 62 valence electrons. The fourth-order valence-electron chi connectivity index (χ4n) is 1.08. The molecule has 2 rings (SSSR count). The number of aromatic nitrogens is 4. The number of hydrogen-bond acceptors (Lipinski definition) is 3. The van der Waals surface area contributed by atoms with Crippen molar-refractivity contribution in [2.24, 2.45) is 0 Å². The lowest BCUT2D eigenvalue weighted by atomic mass is 10.2. The highest BCUT2D eigenvalue weighted by Crippen LogP contribution is 2.22. The van der Waals surface area contributed by atoms with Crippen LogP contribution in [0.5, 0.6) is 0 Å². The van der Waals surface area contributed by atoms with Crippen molar-refractivity contribution in [3.63, 3.8) is 0 Å². The van der Waals surface area contributed by atoms with Gasteiger partial charge in [-0.2, -0.15) is 10.2 Å². The van der Waals surface area contributed by atoms with Crippen LogP contribution in [0.4, 0.5) is 5.82 Å². The number of hydrogen-bond donors (Lipinski definition) is 3. The standard InChI is InChI=1S/C7H9N5/c1-4-6(11-12-7(4)8)5-2-9-10-3-5/h2-3H,1H3,(H,9,10)(H3,8,11,12). The van der Waals surface area contributed by atoms with E-state index in [-0.39, 0.29) is 0 Å². The first-order valence-electron chi connectivity index (χ1n) is 3.58. The van der Waals surface area contributed by atoms with E-state index in [2.05, 4.69) is 20.4 Å². The molecular formula is C7H9N5. The number of aromatic amines is 2. The third kappa shape index (κ3) is 0.868. The van der Waals surface area contributed by atoms with Crippen molar-refractivity contribution < 1.29 is 0 Å². The molecule has 2 heterocycles. The molecule has 12 heavy (non-hydrogen) atoms. The maximum Gasteiger partial charge on any atom is 0.148 e. The zero-order valence-electron chi connectivity index (χ0n) is 6.63. The third-order valence-corrected chi connectivity index (χ3v) is 1.83. The Balaban J connectivity index is 2.55. The molecular weight excluding hydrogens is 154 g/mol. The summed E-state index contributed by atoms with van der Waals surface area (Å²) in [6, 6.07) is 0. The quantitative estimate of drug-likeness (QED) is 0.578. The van der Waals surface area contributed by atoms with Crippen molar-refractivity contribution in [2.45, 2.75) is 6.92 Å². The lowest BCUT2D eigenvalue weighted by Gasteiger charge is -1.91. The van der Waals surface area contributed by atoms with Gasteiger partial charge in [0.05, 0.1) is 11.9 Å². The summed E-state index contributed by atoms with van der Waals surface area (Å²) < 4.78 is 0. The van der Waals surface area contributed by atoms with Crippen LogP contribution in [0.15, 0.2) is 12.4 Å². The Labute approximate surface area is 69.0 Å². The summed E-state index contributed by atoms with van der Waals surface area (Å²) in [5.41, 5.74) is 8.42. The molecule has 0 radical (unpaired) electrons. The predicted octanol–water partition coefficient (Wildman–Crippen LogP) is 0.690. The summed E-state index contributed by atoms with van der Waals surface area (Å²) in [5, 5.41) is 13.3. The number of nitrogens with zero attached hydrogens (tertiary/aromatic N) is 2. The minimum absolute atomic E-state index is 0.534. The predicted molar refractivity (Wildman–Crippen MR) is 45.3 cm³/mol. The van der Waals surface area contributed by atoms with Crippen molar-refractivity contribution in [3.05, 3.63) is 18.0 Å². The molecule has 0 saturated heterocycles. The first kappa shape index (κ1) is 6.90. The van der Waals surface area contributed by atoms with Gasteiger partial charge in [-0.05, 0) is 6.92 Å². The zero-order valence-corrected chi connectivity index (χ0v) is 6.63. The van der Waals surface area contributed by atoms with Crippen molar-refractivity contribution in [2.75, 3.05) is 5.73 Å². The van der Waals surface area contributed by atoms with Crippen LogP contribution in [0, 0.1) is 6.92 Å². The van der Waals surface area contributed by atoms with E-state index in [0.29, 0.717) is 5.82 Å². The fourth-order valence-corrected chi connectivity index (χ4v) is 1.08. The number of anilines is 1. The Kier molecular flexibility index (Phi) is 1.36. The highest BCUT2D eigenvalue weighted by molar-refractivity contribution is 5.65. The molecule has 4 N–H and O–H groups in total. The van der Waals surface area contributed by atoms with Crippen molar-refractivity contribution in [3.8, 4) is 11.3 Å². The van der Waals surface area contributed by atoms with Gasteiger partial charge in [-0.1, -0.05) is 0 Å². The molecule has 0 spiro atoms. The molecule has 5 heteroatoms. The molecule has 5 nitrogen and oxygen atoms in total. The SMILES string of the molecule is Cc1c(N)n[nH]c1-c1cn[nH]c1. The minimum Gasteiger partial charge on any atom is -0.382 e. The van der Waals surface area contributed by atoms with Crippen LogP contribution >= 0.6 is 0 Å². The lowest BCUT2D eigenvalue weighted by molar-refractivity contribution is 1.09. The lowest BCUT2D eigenvalue weighted by Crippen LogP contribution is -1.85. The highest BCUT2D eigenvalue weighted by atomic mass is 15.2. The van der Waals surface area contributed by atoms with E-state index in [1.807, 2.05) is 6.92 Å². The first-order valence-corrected chi connectivity index (χ1v) is 3.58. The van der Waals surface area contributed by atoms with E-state index in [9.17, 15) is 0 Å². The van der Waals surface area contributed by atoms with Gasteiger partial charge in [0.15, 0.2) is 0 Å². The number of nitrogens with one attached hydrogen (secondary N) is 2. The van der Waals surface area contributed by atoms with Gasteiger partial charge in [-0.15, -0.1) is 0 Å². The topological polar surface area (TPSA) is 83.4 Å². The van der Waals surface area contributed by atoms with Gasteiger partial charge >= 0.3 is 0 Å². The molecule has 0 fully saturated rings. The second-order valence-corrected chi connectivity index (χ2v) is 2.60. The smallest absolute Gasteiger partial charge is 0.148 e. The van der Waals surface area contributed by atoms with Crippen LogP contribution in [0.1, 0.15) is 5.56 Å². The number of rotatable bonds is 1. The molecule has 0 amide bonds. The molecule has 0 aliphatic rings. The monoisotopic (exact) mass is 163 g/mol. The van der Waals surface area contributed by atoms with Crippen molar-refractivity contribution >= 4 is 5.82 Å². The average Bonchev–Trinajstić information content (AvgIpc) is 2.64. The van der Waals surface area contributed by atoms with E-state index < -0.39 is 0 Å². The summed E-state index contributed by atoms with van der Waals surface area (Å²) in [6.45, 7) is 1.92. The summed E-state index contributed by atoms with van der Waals surface area (Å²) >= 11 is 0. The van der Waals surface area contributed by atoms with Crippen LogP contribution in [-0.4, -0.2) is 20.4 Å². The van der Waals surface area contributed by atoms with Gasteiger partial charge in [0.1, 0.15) is 5.82 Å². The molecule has 2 aromatic heterocycles. The second kappa shape index (κ2) is 2.37. The Morgan fingerprint density at radius 2 is 2.33 bits per heavy atom. The van der Waals surface area contributed by atoms with Crippen molar-refractivity contribution in [1.82, 2.24) is 20.4 Å². The van der Waals surface area contributed by atoms with Crippen LogP contribution in [0.2, 0.25) is 0 Å². The molecule has 0 atom stereocenters. The fraction of sp³-hybridized carbons (Fsp3) is 0.143. The van der Waals surface area contributed by atoms with Gasteiger partial charge in [-0.3, -0.25) is 10.2 Å². The average molecular weight is 163 g/mol. The van der Waals surface area contributed by atoms with Gasteiger partial charge < -0.3 is 5.73 Å². The Morgan fingerprint density at radius 3 is 2.83 bits per heavy atom. The summed E-state index contributed by atoms with van der Waals surface area (Å²) in [7, 11) is 0. The van der Waals surface area contributed by atoms with Crippen LogP contribution in [-0.2, 0) is 0 Å². The van der Waals surface area contributed by atoms with Crippen LogP contribution < -0.4 is 5.73 Å². The molecule has 0 aliphatic carbocycles. The first-order chi connectivity index (χ1) is 5.79. The Bertz CT molecular complexity index is 372. The van der Waals surface area contributed by atoms with E-state index in [1.165, 1.54) is 0 Å². The highest BCUT2D eigenvalue weighted by Gasteiger charge is 2.07. The largest absolute Gasteiger partial charge is 0.382 e. The molecule has 0 aliphatic heterocycles. The summed E-state index contributed by atoms with van der Waals surface area (Å²) in [6.07, 6.45) is 3.51. The normalized spacial score (nSPS) is 10.4. The van der Waals surface area contributed by atoms with Gasteiger partial charge in [0, 0.05) is 17.3 Å². The number of nitrogens with two attached hydrogens (primary N) is 1. The molecule has 0 aromatic carbocycles. The van der Waals surface area contributed by atoms with E-state index in [4.69, 9.17) is 5.73 Å². The van der Waals surface area contributed by atoms with E-state index in [0.717, 1.165) is 16.8 Å². The zero-order chi connectivity index (χ0) is 8.55. The number of nitrogen functional groups attached to an aromatic ring is 1. The minimum atomic E-state index is 0.534. The third-order valence-electron chi connectivity index (χ3n) is 1.83. The van der Waals surface area contributed by atoms with Crippen LogP contribution in [0.3, 0.4) is 0 Å². The summed E-state index contributed by atoms with van der Waals surface area (Å²) in [5.74, 6) is 0.534. The van der Waals surface area contributed by atoms with E-state index in [1.54, 1.807) is 12.4 Å². The molecule has 2 aromatic rings. The molecule has 0 unspecified atom stereocenters. The van der Waals surface area contributed by atoms with Crippen molar-refractivity contribution in [1.29, 1.82) is 0 Å². The number of H-pyrrole nitrogens is 2. The maximum atomic E-state index is 5.57. The van der Waals surface area contributed by atoms with E-state index >= 15 is 0 Å². The summed E-state index contributed by atoms with van der Waals surface area (Å²) in [4.78, 5) is 0. The Morgan fingerprint density at radius 1 is 1.50 bits per heavy atom. The van der Waals surface area contributed by atoms with Gasteiger partial charge in [0.25, 0.3) is 0 Å². The molecule has 0 bridgehead atoms.